The van der Waals surface area contributed by atoms with Crippen LogP contribution in [0.4, 0.5) is 0 Å². The lowest BCUT2D eigenvalue weighted by Crippen LogP contribution is -2.31. The van der Waals surface area contributed by atoms with Gasteiger partial charge in [-0.2, -0.15) is 0 Å². The van der Waals surface area contributed by atoms with Gasteiger partial charge in [0, 0.05) is 25.2 Å². The molecule has 0 spiro atoms. The van der Waals surface area contributed by atoms with Gasteiger partial charge in [0.15, 0.2) is 0 Å². The molecule has 1 heterocycles. The molecule has 20 heavy (non-hydrogen) atoms. The van der Waals surface area contributed by atoms with Gasteiger partial charge in [0.25, 0.3) is 0 Å². The highest BCUT2D eigenvalue weighted by molar-refractivity contribution is 6.42. The first-order valence-corrected chi connectivity index (χ1v) is 8.13. The van der Waals surface area contributed by atoms with E-state index in [4.69, 9.17) is 23.2 Å². The molecule has 0 radical (unpaired) electrons. The smallest absolute Gasteiger partial charge is 0.0640 e. The summed E-state index contributed by atoms with van der Waals surface area (Å²) >= 11 is 12.4. The van der Waals surface area contributed by atoms with Crippen molar-refractivity contribution in [1.82, 2.24) is 10.2 Å². The van der Waals surface area contributed by atoms with Crippen LogP contribution in [0.25, 0.3) is 0 Å². The Morgan fingerprint density at radius 3 is 2.70 bits per heavy atom. The van der Waals surface area contributed by atoms with Crippen LogP contribution in [-0.4, -0.2) is 31.1 Å². The quantitative estimate of drug-likeness (QED) is 0.868. The minimum Gasteiger partial charge on any atom is -0.313 e. The Balaban J connectivity index is 2.01. The standard InChI is InChI=1S/C16H24Cl2N2/c1-11-9-12(2)20(10-11)8-7-15(19-3)13-5-4-6-14(17)16(13)18/h4-6,11-12,15,19H,7-10H2,1-3H3. The lowest BCUT2D eigenvalue weighted by molar-refractivity contribution is 0.250. The van der Waals surface area contributed by atoms with Crippen LogP contribution < -0.4 is 5.32 Å². The Morgan fingerprint density at radius 1 is 1.35 bits per heavy atom. The van der Waals surface area contributed by atoms with Gasteiger partial charge in [-0.25, -0.2) is 0 Å². The van der Waals surface area contributed by atoms with Gasteiger partial charge in [-0.05, 0) is 44.4 Å². The highest BCUT2D eigenvalue weighted by Crippen LogP contribution is 2.32. The topological polar surface area (TPSA) is 15.3 Å². The highest BCUT2D eigenvalue weighted by Gasteiger charge is 2.26. The fourth-order valence-electron chi connectivity index (χ4n) is 3.24. The number of benzene rings is 1. The first kappa shape index (κ1) is 16.1. The Labute approximate surface area is 132 Å². The molecule has 0 aliphatic carbocycles. The van der Waals surface area contributed by atoms with Gasteiger partial charge < -0.3 is 10.2 Å². The first-order valence-electron chi connectivity index (χ1n) is 7.38. The second kappa shape index (κ2) is 7.13. The Morgan fingerprint density at radius 2 is 2.10 bits per heavy atom. The molecule has 0 amide bonds. The summed E-state index contributed by atoms with van der Waals surface area (Å²) in [5, 5.41) is 4.68. The van der Waals surface area contributed by atoms with Crippen molar-refractivity contribution < 1.29 is 0 Å². The van der Waals surface area contributed by atoms with Crippen LogP contribution in [0.3, 0.4) is 0 Å². The average molecular weight is 315 g/mol. The summed E-state index contributed by atoms with van der Waals surface area (Å²) in [6, 6.07) is 6.81. The van der Waals surface area contributed by atoms with E-state index in [-0.39, 0.29) is 6.04 Å². The maximum atomic E-state index is 6.33. The van der Waals surface area contributed by atoms with E-state index in [0.717, 1.165) is 24.4 Å². The second-order valence-corrected chi connectivity index (χ2v) is 6.74. The molecule has 0 saturated carbocycles. The van der Waals surface area contributed by atoms with Gasteiger partial charge in [-0.15, -0.1) is 0 Å². The van der Waals surface area contributed by atoms with E-state index in [9.17, 15) is 0 Å². The minimum absolute atomic E-state index is 0.254. The maximum absolute atomic E-state index is 6.33. The molecule has 1 aromatic carbocycles. The summed E-state index contributed by atoms with van der Waals surface area (Å²) < 4.78 is 0. The van der Waals surface area contributed by atoms with Crippen LogP contribution in [0.1, 0.15) is 38.3 Å². The summed E-state index contributed by atoms with van der Waals surface area (Å²) in [7, 11) is 1.98. The van der Waals surface area contributed by atoms with E-state index in [2.05, 4.69) is 30.1 Å². The van der Waals surface area contributed by atoms with E-state index >= 15 is 0 Å². The van der Waals surface area contributed by atoms with E-state index in [1.807, 2.05) is 19.2 Å². The van der Waals surface area contributed by atoms with Crippen molar-refractivity contribution in [2.45, 2.75) is 38.8 Å². The SMILES string of the molecule is CNC(CCN1CC(C)CC1C)c1cccc(Cl)c1Cl. The van der Waals surface area contributed by atoms with Crippen molar-refractivity contribution in [1.29, 1.82) is 0 Å². The van der Waals surface area contributed by atoms with Crippen LogP contribution in [0.2, 0.25) is 10.0 Å². The predicted octanol–water partition coefficient (Wildman–Crippen LogP) is 4.37. The van der Waals surface area contributed by atoms with Crippen LogP contribution in [0.5, 0.6) is 0 Å². The van der Waals surface area contributed by atoms with Gasteiger partial charge in [-0.3, -0.25) is 0 Å². The largest absolute Gasteiger partial charge is 0.313 e. The fraction of sp³-hybridized carbons (Fsp3) is 0.625. The summed E-state index contributed by atoms with van der Waals surface area (Å²) in [6.45, 7) is 6.96. The lowest BCUT2D eigenvalue weighted by Gasteiger charge is -2.25. The monoisotopic (exact) mass is 314 g/mol. The van der Waals surface area contributed by atoms with Crippen molar-refractivity contribution in [3.05, 3.63) is 33.8 Å². The molecule has 2 nitrogen and oxygen atoms in total. The van der Waals surface area contributed by atoms with Gasteiger partial charge >= 0.3 is 0 Å². The normalized spacial score (nSPS) is 25.1. The zero-order chi connectivity index (χ0) is 14.7. The van der Waals surface area contributed by atoms with Crippen LogP contribution >= 0.6 is 23.2 Å². The molecule has 2 rings (SSSR count). The van der Waals surface area contributed by atoms with Gasteiger partial charge in [-0.1, -0.05) is 42.3 Å². The Bertz CT molecular complexity index is 450. The molecule has 0 bridgehead atoms. The molecular formula is C16H24Cl2N2. The van der Waals surface area contributed by atoms with Gasteiger partial charge in [0.05, 0.1) is 10.0 Å². The summed E-state index contributed by atoms with van der Waals surface area (Å²) in [5.74, 6) is 0.813. The molecule has 3 atom stereocenters. The number of likely N-dealkylation sites (tertiary alicyclic amines) is 1. The fourth-order valence-corrected chi connectivity index (χ4v) is 3.68. The predicted molar refractivity (Wildman–Crippen MR) is 87.7 cm³/mol. The third kappa shape index (κ3) is 3.67. The van der Waals surface area contributed by atoms with E-state index in [0.29, 0.717) is 16.1 Å². The Hall–Kier alpha value is -0.280. The molecule has 1 aromatic rings. The summed E-state index contributed by atoms with van der Waals surface area (Å²) in [5.41, 5.74) is 1.10. The molecule has 112 valence electrons. The average Bonchev–Trinajstić information content (AvgIpc) is 2.73. The molecule has 1 aliphatic heterocycles. The third-order valence-corrected chi connectivity index (χ3v) is 5.16. The highest BCUT2D eigenvalue weighted by atomic mass is 35.5. The number of hydrogen-bond donors (Lipinski definition) is 1. The molecule has 4 heteroatoms. The first-order chi connectivity index (χ1) is 9.52. The van der Waals surface area contributed by atoms with Crippen molar-refractivity contribution >= 4 is 23.2 Å². The second-order valence-electron chi connectivity index (χ2n) is 5.96. The molecule has 1 aliphatic rings. The lowest BCUT2D eigenvalue weighted by atomic mass is 10.0. The zero-order valence-electron chi connectivity index (χ0n) is 12.5. The number of halogens is 2. The van der Waals surface area contributed by atoms with Crippen molar-refractivity contribution in [2.24, 2.45) is 5.92 Å². The molecular weight excluding hydrogens is 291 g/mol. The molecule has 0 aromatic heterocycles. The number of rotatable bonds is 5. The van der Waals surface area contributed by atoms with Crippen molar-refractivity contribution in [3.63, 3.8) is 0 Å². The number of nitrogens with zero attached hydrogens (tertiary/aromatic N) is 1. The maximum Gasteiger partial charge on any atom is 0.0640 e. The van der Waals surface area contributed by atoms with E-state index in [1.54, 1.807) is 0 Å². The van der Waals surface area contributed by atoms with Crippen molar-refractivity contribution in [3.8, 4) is 0 Å². The summed E-state index contributed by atoms with van der Waals surface area (Å²) in [6.07, 6.45) is 2.36. The molecule has 1 fully saturated rings. The number of nitrogens with one attached hydrogen (secondary N) is 1. The van der Waals surface area contributed by atoms with Crippen LogP contribution in [-0.2, 0) is 0 Å². The number of hydrogen-bond acceptors (Lipinski definition) is 2. The van der Waals surface area contributed by atoms with E-state index in [1.165, 1.54) is 13.0 Å². The van der Waals surface area contributed by atoms with Crippen molar-refractivity contribution in [2.75, 3.05) is 20.1 Å². The molecule has 1 saturated heterocycles. The molecule has 3 unspecified atom stereocenters. The van der Waals surface area contributed by atoms with Gasteiger partial charge in [0.1, 0.15) is 0 Å². The van der Waals surface area contributed by atoms with Crippen LogP contribution in [0, 0.1) is 5.92 Å². The van der Waals surface area contributed by atoms with Crippen LogP contribution in [0.15, 0.2) is 18.2 Å². The van der Waals surface area contributed by atoms with Gasteiger partial charge in [0.2, 0.25) is 0 Å². The summed E-state index contributed by atoms with van der Waals surface area (Å²) in [4.78, 5) is 2.58. The van der Waals surface area contributed by atoms with E-state index < -0.39 is 0 Å². The zero-order valence-corrected chi connectivity index (χ0v) is 14.0. The molecule has 1 N–H and O–H groups in total. The Kier molecular flexibility index (Phi) is 5.74. The third-order valence-electron chi connectivity index (χ3n) is 4.32. The minimum atomic E-state index is 0.254.